The normalized spacial score (nSPS) is 11.9. The number of nitrogens with zero attached hydrogens (tertiary/aromatic N) is 2. The van der Waals surface area contributed by atoms with E-state index in [1.54, 1.807) is 0 Å². The van der Waals surface area contributed by atoms with Gasteiger partial charge in [0.1, 0.15) is 15.9 Å². The Bertz CT molecular complexity index is 758. The number of halogens is 1. The van der Waals surface area contributed by atoms with Crippen LogP contribution in [-0.2, 0) is 10.1 Å². The average Bonchev–Trinajstić information content (AvgIpc) is 2.40. The maximum atomic E-state index is 10.7. The van der Waals surface area contributed by atoms with E-state index in [9.17, 15) is 18.1 Å². The molecule has 2 rings (SSSR count). The number of hydrogen-bond acceptors (Lipinski definition) is 6. The molecule has 0 spiro atoms. The summed E-state index contributed by atoms with van der Waals surface area (Å²) >= 11 is 5.71. The third-order valence-corrected chi connectivity index (χ3v) is 3.49. The van der Waals surface area contributed by atoms with Crippen LogP contribution in [0.3, 0.4) is 0 Å². The van der Waals surface area contributed by atoms with E-state index in [1.807, 2.05) is 0 Å². The first-order valence-corrected chi connectivity index (χ1v) is 7.11. The Kier molecular flexibility index (Phi) is 4.03. The fourth-order valence-corrected chi connectivity index (χ4v) is 2.00. The van der Waals surface area contributed by atoms with Gasteiger partial charge in [0.15, 0.2) is 0 Å². The Labute approximate surface area is 120 Å². The molecule has 0 amide bonds. The predicted octanol–water partition coefficient (Wildman–Crippen LogP) is 3.37. The summed E-state index contributed by atoms with van der Waals surface area (Å²) < 4.78 is 32.2. The van der Waals surface area contributed by atoms with Gasteiger partial charge in [-0.2, -0.15) is 10.2 Å². The number of benzene rings is 2. The molecule has 0 aliphatic rings. The van der Waals surface area contributed by atoms with Gasteiger partial charge in [0, 0.05) is 0 Å². The molecule has 6 nitrogen and oxygen atoms in total. The molecule has 0 saturated carbocycles. The van der Waals surface area contributed by atoms with E-state index in [1.165, 1.54) is 30.3 Å². The van der Waals surface area contributed by atoms with Gasteiger partial charge in [0.2, 0.25) is 0 Å². The lowest BCUT2D eigenvalue weighted by Crippen LogP contribution is -1.97. The summed E-state index contributed by atoms with van der Waals surface area (Å²) in [5.74, 6) is -0.0596. The lowest BCUT2D eigenvalue weighted by Gasteiger charge is -2.05. The van der Waals surface area contributed by atoms with Gasteiger partial charge in [-0.1, -0.05) is 11.6 Å². The van der Waals surface area contributed by atoms with E-state index in [4.69, 9.17) is 11.6 Å². The average molecular weight is 312 g/mol. The number of aromatic hydroxyl groups is 1. The fraction of sp³-hybridized carbons (Fsp3) is 0. The molecule has 1 N–H and O–H groups in total. The van der Waals surface area contributed by atoms with Crippen LogP contribution in [0, 0.1) is 0 Å². The van der Waals surface area contributed by atoms with Gasteiger partial charge in [0.05, 0.1) is 21.3 Å². The van der Waals surface area contributed by atoms with Crippen molar-refractivity contribution in [2.75, 3.05) is 0 Å². The molecule has 0 aliphatic heterocycles. The first-order chi connectivity index (χ1) is 9.36. The Morgan fingerprint density at radius 2 is 1.55 bits per heavy atom. The van der Waals surface area contributed by atoms with Crippen molar-refractivity contribution < 1.29 is 18.1 Å². The number of rotatable bonds is 3. The summed E-state index contributed by atoms with van der Waals surface area (Å²) in [7, 11) is -4.46. The van der Waals surface area contributed by atoms with Gasteiger partial charge in [-0.3, -0.25) is 0 Å². The zero-order valence-corrected chi connectivity index (χ0v) is 11.5. The summed E-state index contributed by atoms with van der Waals surface area (Å²) in [5, 5.41) is 17.1. The molecule has 20 heavy (non-hydrogen) atoms. The summed E-state index contributed by atoms with van der Waals surface area (Å²) in [4.78, 5) is -0.330. The van der Waals surface area contributed by atoms with Gasteiger partial charge in [0.25, 0.3) is 0 Å². The van der Waals surface area contributed by atoms with Crippen LogP contribution < -0.4 is 0 Å². The maximum absolute atomic E-state index is 10.7. The van der Waals surface area contributed by atoms with Gasteiger partial charge in [-0.15, -0.1) is 0 Å². The monoisotopic (exact) mass is 311 g/mol. The molecule has 0 atom stereocenters. The highest BCUT2D eigenvalue weighted by molar-refractivity contribution is 7.85. The van der Waals surface area contributed by atoms with Crippen LogP contribution in [0.4, 0.5) is 11.4 Å². The minimum Gasteiger partial charge on any atom is -0.744 e. The Morgan fingerprint density at radius 3 is 2.10 bits per heavy atom. The molecule has 0 bridgehead atoms. The van der Waals surface area contributed by atoms with Crippen LogP contribution in [0.15, 0.2) is 57.6 Å². The van der Waals surface area contributed by atoms with Crippen LogP contribution in [0.25, 0.3) is 0 Å². The lowest BCUT2D eigenvalue weighted by molar-refractivity contribution is 0.463. The second-order valence-corrected chi connectivity index (χ2v) is 5.57. The van der Waals surface area contributed by atoms with Crippen LogP contribution in [0.5, 0.6) is 5.75 Å². The minimum atomic E-state index is -4.46. The molecular formula is C12H8ClN2O4S-. The van der Waals surface area contributed by atoms with Crippen molar-refractivity contribution in [3.05, 3.63) is 47.5 Å². The predicted molar refractivity (Wildman–Crippen MR) is 71.7 cm³/mol. The first-order valence-electron chi connectivity index (χ1n) is 5.32. The summed E-state index contributed by atoms with van der Waals surface area (Å²) in [6.07, 6.45) is 0. The van der Waals surface area contributed by atoms with Crippen molar-refractivity contribution >= 4 is 33.1 Å². The molecule has 0 fully saturated rings. The molecule has 2 aromatic carbocycles. The van der Waals surface area contributed by atoms with Crippen LogP contribution >= 0.6 is 11.6 Å². The molecule has 104 valence electrons. The highest BCUT2D eigenvalue weighted by Crippen LogP contribution is 2.28. The van der Waals surface area contributed by atoms with E-state index in [2.05, 4.69) is 10.2 Å². The molecule has 0 heterocycles. The number of azo groups is 1. The van der Waals surface area contributed by atoms with Gasteiger partial charge >= 0.3 is 0 Å². The number of phenols is 1. The minimum absolute atomic E-state index is 0.0596. The smallest absolute Gasteiger partial charge is 0.134 e. The highest BCUT2D eigenvalue weighted by Gasteiger charge is 2.01. The van der Waals surface area contributed by atoms with Crippen molar-refractivity contribution in [1.82, 2.24) is 0 Å². The lowest BCUT2D eigenvalue weighted by atomic mass is 10.3. The summed E-state index contributed by atoms with van der Waals surface area (Å²) in [5.41, 5.74) is 0.801. The summed E-state index contributed by atoms with van der Waals surface area (Å²) in [6.45, 7) is 0. The Morgan fingerprint density at radius 1 is 1.00 bits per heavy atom. The standard InChI is InChI=1S/C12H9ClN2O4S/c13-11-7-9(3-6-12(11)16)15-14-8-1-4-10(5-2-8)20(17,18)19/h1-7,16H,(H,17,18,19)/p-1. The van der Waals surface area contributed by atoms with E-state index in [-0.39, 0.29) is 15.7 Å². The number of hydrogen-bond donors (Lipinski definition) is 1. The van der Waals surface area contributed by atoms with E-state index < -0.39 is 10.1 Å². The van der Waals surface area contributed by atoms with Crippen LogP contribution in [0.1, 0.15) is 0 Å². The molecule has 0 unspecified atom stereocenters. The topological polar surface area (TPSA) is 102 Å². The van der Waals surface area contributed by atoms with E-state index >= 15 is 0 Å². The first kappa shape index (κ1) is 14.4. The van der Waals surface area contributed by atoms with E-state index in [0.29, 0.717) is 11.4 Å². The van der Waals surface area contributed by atoms with Crippen LogP contribution in [-0.4, -0.2) is 18.1 Å². The van der Waals surface area contributed by atoms with Crippen LogP contribution in [0.2, 0.25) is 5.02 Å². The molecule has 2 aromatic rings. The second-order valence-electron chi connectivity index (χ2n) is 3.78. The quantitative estimate of drug-likeness (QED) is 0.693. The van der Waals surface area contributed by atoms with Crippen molar-refractivity contribution in [1.29, 1.82) is 0 Å². The Hall–Kier alpha value is -1.96. The van der Waals surface area contributed by atoms with Gasteiger partial charge < -0.3 is 9.66 Å². The van der Waals surface area contributed by atoms with Crippen molar-refractivity contribution in [3.8, 4) is 5.75 Å². The zero-order valence-electron chi connectivity index (χ0n) is 9.89. The van der Waals surface area contributed by atoms with Crippen molar-refractivity contribution in [2.45, 2.75) is 4.90 Å². The zero-order chi connectivity index (χ0) is 14.8. The second kappa shape index (κ2) is 5.58. The van der Waals surface area contributed by atoms with Crippen molar-refractivity contribution in [2.24, 2.45) is 10.2 Å². The SMILES string of the molecule is O=S(=O)([O-])c1ccc(N=Nc2ccc(O)c(Cl)c2)cc1. The van der Waals surface area contributed by atoms with Gasteiger partial charge in [-0.25, -0.2) is 8.42 Å². The van der Waals surface area contributed by atoms with Crippen molar-refractivity contribution in [3.63, 3.8) is 0 Å². The third kappa shape index (κ3) is 3.53. The molecule has 0 aliphatic carbocycles. The van der Waals surface area contributed by atoms with Gasteiger partial charge in [-0.05, 0) is 42.5 Å². The summed E-state index contributed by atoms with van der Waals surface area (Å²) in [6, 6.07) is 9.34. The molecule has 0 radical (unpaired) electrons. The molecule has 0 saturated heterocycles. The molecule has 0 aromatic heterocycles. The third-order valence-electron chi connectivity index (χ3n) is 2.34. The highest BCUT2D eigenvalue weighted by atomic mass is 35.5. The molecular weight excluding hydrogens is 304 g/mol. The molecule has 8 heteroatoms. The number of phenolic OH excluding ortho intramolecular Hbond substituents is 1. The maximum Gasteiger partial charge on any atom is 0.134 e. The van der Waals surface area contributed by atoms with E-state index in [0.717, 1.165) is 12.1 Å². The fourth-order valence-electron chi connectivity index (χ4n) is 1.35. The Balaban J connectivity index is 2.21. The largest absolute Gasteiger partial charge is 0.744 e.